The summed E-state index contributed by atoms with van der Waals surface area (Å²) in [7, 11) is 0. The molecule has 0 aromatic carbocycles. The molecule has 0 spiro atoms. The van der Waals surface area contributed by atoms with Gasteiger partial charge in [0.05, 0.1) is 12.2 Å². The van der Waals surface area contributed by atoms with Crippen molar-refractivity contribution in [3.8, 4) is 0 Å². The topological polar surface area (TPSA) is 130 Å². The summed E-state index contributed by atoms with van der Waals surface area (Å²) in [5, 5.41) is 14.8. The number of nitrogens with one attached hydrogen (secondary N) is 1. The highest BCUT2D eigenvalue weighted by molar-refractivity contribution is 5.83. The van der Waals surface area contributed by atoms with Crippen LogP contribution in [-0.4, -0.2) is 72.1 Å². The highest BCUT2D eigenvalue weighted by Gasteiger charge is 2.45. The molecular formula is C41H63NO9. The molecule has 0 bridgehead atoms. The van der Waals surface area contributed by atoms with Crippen molar-refractivity contribution in [1.29, 1.82) is 0 Å². The van der Waals surface area contributed by atoms with Crippen LogP contribution in [0.4, 0.5) is 4.79 Å². The molecule has 10 nitrogen and oxygen atoms in total. The summed E-state index contributed by atoms with van der Waals surface area (Å²) in [5.74, 6) is -0.529. The van der Waals surface area contributed by atoms with Gasteiger partial charge in [0.15, 0.2) is 5.79 Å². The van der Waals surface area contributed by atoms with E-state index in [1.165, 1.54) is 18.6 Å². The van der Waals surface area contributed by atoms with E-state index in [1.54, 1.807) is 26.0 Å². The number of ether oxygens (including phenoxy) is 5. The fraction of sp³-hybridized carbons (Fsp3) is 0.683. The Morgan fingerprint density at radius 3 is 2.67 bits per heavy atom. The van der Waals surface area contributed by atoms with Crippen LogP contribution in [0.5, 0.6) is 0 Å². The smallest absolute Gasteiger partial charge is 0.407 e. The summed E-state index contributed by atoms with van der Waals surface area (Å²) >= 11 is 0. The van der Waals surface area contributed by atoms with Gasteiger partial charge in [-0.1, -0.05) is 89.1 Å². The van der Waals surface area contributed by atoms with Crippen LogP contribution in [0, 0.1) is 17.8 Å². The molecular weight excluding hydrogens is 650 g/mol. The Balaban J connectivity index is 1.63. The second kappa shape index (κ2) is 21.3. The van der Waals surface area contributed by atoms with Crippen LogP contribution in [0.25, 0.3) is 0 Å². The van der Waals surface area contributed by atoms with Crippen LogP contribution in [0.15, 0.2) is 61.3 Å². The Labute approximate surface area is 305 Å². The van der Waals surface area contributed by atoms with E-state index in [2.05, 4.69) is 31.8 Å². The fourth-order valence-electron chi connectivity index (χ4n) is 6.84. The molecule has 0 aromatic heterocycles. The van der Waals surface area contributed by atoms with E-state index >= 15 is 0 Å². The van der Waals surface area contributed by atoms with Crippen LogP contribution in [0.2, 0.25) is 0 Å². The number of hydrogen-bond acceptors (Lipinski definition) is 9. The summed E-state index contributed by atoms with van der Waals surface area (Å²) in [6.07, 6.45) is 23.7. The Morgan fingerprint density at radius 1 is 1.14 bits per heavy atom. The van der Waals surface area contributed by atoms with Crippen molar-refractivity contribution >= 4 is 18.0 Å². The molecule has 1 saturated heterocycles. The molecule has 3 rings (SSSR count). The van der Waals surface area contributed by atoms with Gasteiger partial charge in [0.25, 0.3) is 0 Å². The molecule has 51 heavy (non-hydrogen) atoms. The Hall–Kier alpha value is -3.21. The number of aliphatic hydroxyl groups is 1. The van der Waals surface area contributed by atoms with E-state index in [0.717, 1.165) is 51.4 Å². The van der Waals surface area contributed by atoms with Gasteiger partial charge < -0.3 is 34.1 Å². The number of esters is 2. The minimum absolute atomic E-state index is 0.0273. The predicted octanol–water partition coefficient (Wildman–Crippen LogP) is 7.81. The van der Waals surface area contributed by atoms with E-state index in [9.17, 15) is 19.5 Å². The van der Waals surface area contributed by atoms with Crippen molar-refractivity contribution in [3.05, 3.63) is 61.3 Å². The third kappa shape index (κ3) is 15.1. The fourth-order valence-corrected chi connectivity index (χ4v) is 6.84. The summed E-state index contributed by atoms with van der Waals surface area (Å²) in [6.45, 7) is 13.8. The number of allylic oxidation sites excluding steroid dienone is 3. The number of rotatable bonds is 19. The lowest BCUT2D eigenvalue weighted by molar-refractivity contribution is -0.313. The number of carbonyl (C=O) groups excluding carboxylic acids is 3. The van der Waals surface area contributed by atoms with Gasteiger partial charge in [-0.25, -0.2) is 9.59 Å². The van der Waals surface area contributed by atoms with Crippen molar-refractivity contribution in [2.75, 3.05) is 13.2 Å². The molecule has 0 radical (unpaired) electrons. The summed E-state index contributed by atoms with van der Waals surface area (Å²) in [6, 6.07) is 0. The lowest BCUT2D eigenvalue weighted by Gasteiger charge is -2.45. The third-order valence-corrected chi connectivity index (χ3v) is 10.0. The van der Waals surface area contributed by atoms with Gasteiger partial charge in [-0.05, 0) is 76.7 Å². The molecule has 2 aliphatic heterocycles. The molecule has 2 heterocycles. The molecule has 2 N–H and O–H groups in total. The van der Waals surface area contributed by atoms with Gasteiger partial charge >= 0.3 is 18.0 Å². The zero-order valence-corrected chi connectivity index (χ0v) is 31.6. The van der Waals surface area contributed by atoms with Gasteiger partial charge in [0, 0.05) is 31.4 Å². The molecule has 2 fully saturated rings. The first-order valence-corrected chi connectivity index (χ1v) is 19.1. The van der Waals surface area contributed by atoms with Crippen LogP contribution < -0.4 is 5.32 Å². The van der Waals surface area contributed by atoms with E-state index < -0.39 is 35.7 Å². The van der Waals surface area contributed by atoms with E-state index in [0.29, 0.717) is 24.7 Å². The normalized spacial score (nSPS) is 28.3. The third-order valence-electron chi connectivity index (χ3n) is 10.0. The Bertz CT molecular complexity index is 1240. The quantitative estimate of drug-likeness (QED) is 0.0453. The Kier molecular flexibility index (Phi) is 17.7. The van der Waals surface area contributed by atoms with Crippen LogP contribution in [0.1, 0.15) is 112 Å². The van der Waals surface area contributed by atoms with E-state index in [1.807, 2.05) is 31.2 Å². The molecule has 8 atom stereocenters. The first kappa shape index (κ1) is 42.2. The van der Waals surface area contributed by atoms with Crippen molar-refractivity contribution in [2.24, 2.45) is 17.8 Å². The Morgan fingerprint density at radius 2 is 1.92 bits per heavy atom. The minimum Gasteiger partial charge on any atom is -0.462 e. The second-order valence-corrected chi connectivity index (χ2v) is 14.7. The van der Waals surface area contributed by atoms with Gasteiger partial charge in [0.1, 0.15) is 24.4 Å². The average Bonchev–Trinajstić information content (AvgIpc) is 3.09. The maximum Gasteiger partial charge on any atom is 0.407 e. The number of cyclic esters (lactones) is 1. The number of unbranched alkanes of at least 4 members (excludes halogenated alkanes) is 1. The zero-order chi connectivity index (χ0) is 37.3. The van der Waals surface area contributed by atoms with E-state index in [4.69, 9.17) is 23.7 Å². The molecule has 1 aliphatic carbocycles. The summed E-state index contributed by atoms with van der Waals surface area (Å²) < 4.78 is 29.0. The maximum absolute atomic E-state index is 12.5. The molecule has 1 amide bonds. The van der Waals surface area contributed by atoms with Crippen LogP contribution >= 0.6 is 0 Å². The SMILES string of the molecule is C=CCOC(=O)NCC[C@@](O)(/C=C/[C@@H]1OC(=O)C=C[C@@H]1CC)[C@H]1C[C@H](/C=C\C=C/[C@@H]2CCC[C@H](OC(=O)CCCC[C@@H](C)CC)C2)OC(C)(C)O1. The van der Waals surface area contributed by atoms with Crippen molar-refractivity contribution < 1.29 is 43.2 Å². The van der Waals surface area contributed by atoms with Crippen LogP contribution in [-0.2, 0) is 33.3 Å². The zero-order valence-electron chi connectivity index (χ0n) is 31.6. The number of alkyl carbamates (subject to hydrolysis) is 1. The highest BCUT2D eigenvalue weighted by Crippen LogP contribution is 2.36. The summed E-state index contributed by atoms with van der Waals surface area (Å²) in [4.78, 5) is 36.6. The molecule has 0 aromatic rings. The molecule has 3 aliphatic rings. The number of amides is 1. The lowest BCUT2D eigenvalue weighted by Crippen LogP contribution is -2.54. The van der Waals surface area contributed by atoms with Crippen LogP contribution in [0.3, 0.4) is 0 Å². The van der Waals surface area contributed by atoms with Gasteiger partial charge in [-0.15, -0.1) is 0 Å². The van der Waals surface area contributed by atoms with Crippen molar-refractivity contribution in [3.63, 3.8) is 0 Å². The minimum atomic E-state index is -1.54. The first-order chi connectivity index (χ1) is 24.4. The molecule has 0 unspecified atom stereocenters. The second-order valence-electron chi connectivity index (χ2n) is 14.7. The van der Waals surface area contributed by atoms with E-state index in [-0.39, 0.29) is 43.7 Å². The van der Waals surface area contributed by atoms with Crippen molar-refractivity contribution in [1.82, 2.24) is 5.32 Å². The number of carbonyl (C=O) groups is 3. The molecule has 286 valence electrons. The maximum atomic E-state index is 12.5. The monoisotopic (exact) mass is 713 g/mol. The number of hydrogen-bond donors (Lipinski definition) is 2. The molecule has 10 heteroatoms. The molecule has 1 saturated carbocycles. The predicted molar refractivity (Wildman–Crippen MR) is 198 cm³/mol. The van der Waals surface area contributed by atoms with Gasteiger partial charge in [-0.2, -0.15) is 0 Å². The van der Waals surface area contributed by atoms with Gasteiger partial charge in [-0.3, -0.25) is 4.79 Å². The average molecular weight is 714 g/mol. The first-order valence-electron chi connectivity index (χ1n) is 19.1. The standard InChI is InChI=1S/C41H63NO9/c1-7-27-47-39(45)42-26-25-41(46,24-23-35-32(9-3)21-22-38(44)49-35)36-29-34(50-40(5,6)51-36)18-12-11-16-31-17-14-19-33(28-31)48-37(43)20-13-10-15-30(4)8-2/h7,11-12,16,18,21-24,30-36,46H,1,8-10,13-15,17,19-20,25-29H2,2-6H3,(H,42,45)/b16-11-,18-12-,24-23+/t30-,31+,32-,33-,34-,35-,36+,41-/m0/s1. The largest absolute Gasteiger partial charge is 0.462 e. The summed E-state index contributed by atoms with van der Waals surface area (Å²) in [5.41, 5.74) is -1.54. The van der Waals surface area contributed by atoms with Crippen molar-refractivity contribution in [2.45, 2.75) is 147 Å². The highest BCUT2D eigenvalue weighted by atomic mass is 16.7. The lowest BCUT2D eigenvalue weighted by atomic mass is 9.85. The van der Waals surface area contributed by atoms with Gasteiger partial charge in [0.2, 0.25) is 0 Å².